The number of nitrogens with zero attached hydrogens (tertiary/aromatic N) is 2. The van der Waals surface area contributed by atoms with E-state index >= 15 is 0 Å². The van der Waals surface area contributed by atoms with Crippen LogP contribution in [0.2, 0.25) is 0 Å². The second kappa shape index (κ2) is 7.30. The molecule has 2 aliphatic rings. The van der Waals surface area contributed by atoms with Crippen LogP contribution in [0.25, 0.3) is 0 Å². The minimum Gasteiger partial charge on any atom is -0.325 e. The van der Waals surface area contributed by atoms with Crippen molar-refractivity contribution in [3.63, 3.8) is 0 Å². The standard InChI is InChI=1S/C18H21N3O2S/c1-11-7-8-14(12(2)9-11)19-16(22)10-24-17-13-5-3-4-6-15(13)20-18(23)21-17/h7-9,13H,3-6,10H2,1-2H3,(H,19,22). The van der Waals surface area contributed by atoms with Gasteiger partial charge in [0.15, 0.2) is 0 Å². The summed E-state index contributed by atoms with van der Waals surface area (Å²) < 4.78 is 0. The molecule has 1 aromatic carbocycles. The average molecular weight is 343 g/mol. The summed E-state index contributed by atoms with van der Waals surface area (Å²) in [5.41, 5.74) is 3.98. The smallest absolute Gasteiger partial charge is 0.325 e. The number of hydrogen-bond donors (Lipinski definition) is 1. The predicted molar refractivity (Wildman–Crippen MR) is 99.2 cm³/mol. The third-order valence-corrected chi connectivity index (χ3v) is 5.41. The second-order valence-corrected chi connectivity index (χ2v) is 7.28. The number of carbonyl (C=O) groups is 2. The molecule has 3 amide bonds. The van der Waals surface area contributed by atoms with Gasteiger partial charge in [-0.05, 0) is 44.7 Å². The number of hydrogen-bond acceptors (Lipinski definition) is 3. The van der Waals surface area contributed by atoms with Crippen LogP contribution >= 0.6 is 11.8 Å². The summed E-state index contributed by atoms with van der Waals surface area (Å²) in [6.07, 6.45) is 4.03. The topological polar surface area (TPSA) is 70.9 Å². The first kappa shape index (κ1) is 16.9. The SMILES string of the molecule is Cc1ccc(NC(=O)CSC2=NC(=O)N=C3CCCCC32)c(C)c1. The Morgan fingerprint density at radius 3 is 2.92 bits per heavy atom. The van der Waals surface area contributed by atoms with Gasteiger partial charge in [-0.3, -0.25) is 4.79 Å². The highest BCUT2D eigenvalue weighted by Crippen LogP contribution is 2.30. The van der Waals surface area contributed by atoms with Crippen LogP contribution in [0.4, 0.5) is 10.5 Å². The summed E-state index contributed by atoms with van der Waals surface area (Å²) in [7, 11) is 0. The van der Waals surface area contributed by atoms with Crippen molar-refractivity contribution in [3.8, 4) is 0 Å². The molecule has 0 spiro atoms. The first-order valence-corrected chi connectivity index (χ1v) is 9.21. The number of aryl methyl sites for hydroxylation is 2. The largest absolute Gasteiger partial charge is 0.367 e. The molecule has 3 rings (SSSR count). The van der Waals surface area contributed by atoms with Crippen molar-refractivity contribution in [2.45, 2.75) is 39.5 Å². The molecule has 1 aliphatic heterocycles. The van der Waals surface area contributed by atoms with Crippen molar-refractivity contribution in [3.05, 3.63) is 29.3 Å². The zero-order valence-electron chi connectivity index (χ0n) is 14.0. The number of aliphatic imine (C=N–C) groups is 2. The maximum absolute atomic E-state index is 12.2. The zero-order chi connectivity index (χ0) is 17.1. The van der Waals surface area contributed by atoms with E-state index < -0.39 is 6.03 Å². The lowest BCUT2D eigenvalue weighted by Gasteiger charge is -2.26. The van der Waals surface area contributed by atoms with Crippen molar-refractivity contribution >= 4 is 40.1 Å². The Hall–Kier alpha value is -1.95. The molecule has 1 aromatic rings. The molecule has 1 aliphatic carbocycles. The molecular weight excluding hydrogens is 322 g/mol. The number of fused-ring (bicyclic) bond motifs is 1. The summed E-state index contributed by atoms with van der Waals surface area (Å²) in [4.78, 5) is 32.0. The van der Waals surface area contributed by atoms with Gasteiger partial charge in [-0.15, -0.1) is 0 Å². The van der Waals surface area contributed by atoms with Gasteiger partial charge in [0.2, 0.25) is 5.91 Å². The van der Waals surface area contributed by atoms with E-state index in [0.29, 0.717) is 0 Å². The molecule has 1 atom stereocenters. The van der Waals surface area contributed by atoms with Crippen molar-refractivity contribution in [2.75, 3.05) is 11.1 Å². The molecule has 0 saturated heterocycles. The van der Waals surface area contributed by atoms with Gasteiger partial charge in [-0.25, -0.2) is 9.79 Å². The van der Waals surface area contributed by atoms with E-state index in [2.05, 4.69) is 15.3 Å². The van der Waals surface area contributed by atoms with Gasteiger partial charge in [-0.1, -0.05) is 35.9 Å². The molecule has 1 fully saturated rings. The van der Waals surface area contributed by atoms with E-state index in [9.17, 15) is 9.59 Å². The molecule has 0 aromatic heterocycles. The molecule has 0 bridgehead atoms. The zero-order valence-corrected chi connectivity index (χ0v) is 14.8. The summed E-state index contributed by atoms with van der Waals surface area (Å²) in [5.74, 6) is 0.306. The number of carbonyl (C=O) groups excluding carboxylic acids is 2. The first-order valence-electron chi connectivity index (χ1n) is 8.23. The van der Waals surface area contributed by atoms with Gasteiger partial charge >= 0.3 is 6.03 Å². The van der Waals surface area contributed by atoms with Crippen molar-refractivity contribution in [1.29, 1.82) is 0 Å². The fourth-order valence-corrected chi connectivity index (χ4v) is 4.08. The third kappa shape index (κ3) is 3.93. The summed E-state index contributed by atoms with van der Waals surface area (Å²) in [5, 5.41) is 3.68. The van der Waals surface area contributed by atoms with Gasteiger partial charge < -0.3 is 5.32 Å². The van der Waals surface area contributed by atoms with Gasteiger partial charge in [0.1, 0.15) is 0 Å². The van der Waals surface area contributed by atoms with Crippen LogP contribution in [0.15, 0.2) is 28.2 Å². The monoisotopic (exact) mass is 343 g/mol. The van der Waals surface area contributed by atoms with Gasteiger partial charge in [0.25, 0.3) is 0 Å². The molecule has 6 heteroatoms. The Labute approximate surface area is 146 Å². The number of amides is 3. The Balaban J connectivity index is 1.60. The number of anilines is 1. The van der Waals surface area contributed by atoms with E-state index in [4.69, 9.17) is 0 Å². The van der Waals surface area contributed by atoms with E-state index in [1.807, 2.05) is 32.0 Å². The number of rotatable bonds is 3. The predicted octanol–water partition coefficient (Wildman–Crippen LogP) is 4.14. The van der Waals surface area contributed by atoms with Crippen LogP contribution in [0.5, 0.6) is 0 Å². The highest BCUT2D eigenvalue weighted by atomic mass is 32.2. The molecular formula is C18H21N3O2S. The van der Waals surface area contributed by atoms with Crippen LogP contribution in [-0.2, 0) is 4.79 Å². The van der Waals surface area contributed by atoms with Gasteiger partial charge in [-0.2, -0.15) is 4.99 Å². The quantitative estimate of drug-likeness (QED) is 0.896. The van der Waals surface area contributed by atoms with Crippen LogP contribution in [0, 0.1) is 19.8 Å². The fourth-order valence-electron chi connectivity index (χ4n) is 3.13. The molecule has 1 saturated carbocycles. The second-order valence-electron chi connectivity index (χ2n) is 6.29. The Kier molecular flexibility index (Phi) is 5.14. The van der Waals surface area contributed by atoms with E-state index in [-0.39, 0.29) is 17.6 Å². The average Bonchev–Trinajstić information content (AvgIpc) is 2.55. The maximum atomic E-state index is 12.2. The molecule has 1 N–H and O–H groups in total. The van der Waals surface area contributed by atoms with Crippen LogP contribution in [-0.4, -0.2) is 28.4 Å². The molecule has 24 heavy (non-hydrogen) atoms. The lowest BCUT2D eigenvalue weighted by Crippen LogP contribution is -2.31. The lowest BCUT2D eigenvalue weighted by atomic mass is 9.87. The number of benzene rings is 1. The minimum absolute atomic E-state index is 0.0815. The van der Waals surface area contributed by atoms with Crippen LogP contribution < -0.4 is 5.32 Å². The first-order chi connectivity index (χ1) is 11.5. The van der Waals surface area contributed by atoms with Crippen molar-refractivity contribution in [1.82, 2.24) is 0 Å². The molecule has 5 nitrogen and oxygen atoms in total. The number of nitrogens with one attached hydrogen (secondary N) is 1. The molecule has 1 unspecified atom stereocenters. The number of urea groups is 1. The lowest BCUT2D eigenvalue weighted by molar-refractivity contribution is -0.113. The highest BCUT2D eigenvalue weighted by molar-refractivity contribution is 8.14. The van der Waals surface area contributed by atoms with Crippen molar-refractivity contribution < 1.29 is 9.59 Å². The Bertz CT molecular complexity index is 740. The summed E-state index contributed by atoms with van der Waals surface area (Å²) in [6, 6.07) is 5.50. The van der Waals surface area contributed by atoms with E-state index in [1.165, 1.54) is 17.3 Å². The Morgan fingerprint density at radius 1 is 1.29 bits per heavy atom. The summed E-state index contributed by atoms with van der Waals surface area (Å²) >= 11 is 1.36. The molecule has 0 radical (unpaired) electrons. The Morgan fingerprint density at radius 2 is 2.12 bits per heavy atom. The minimum atomic E-state index is -0.430. The third-order valence-electron chi connectivity index (χ3n) is 4.33. The molecule has 126 valence electrons. The normalized spacial score (nSPS) is 20.1. The maximum Gasteiger partial charge on any atom is 0.367 e. The van der Waals surface area contributed by atoms with Crippen LogP contribution in [0.1, 0.15) is 36.8 Å². The van der Waals surface area contributed by atoms with Crippen LogP contribution in [0.3, 0.4) is 0 Å². The van der Waals surface area contributed by atoms with E-state index in [1.54, 1.807) is 0 Å². The van der Waals surface area contributed by atoms with E-state index in [0.717, 1.165) is 47.7 Å². The van der Waals surface area contributed by atoms with Gasteiger partial charge in [0, 0.05) is 17.3 Å². The fraction of sp³-hybridized carbons (Fsp3) is 0.444. The van der Waals surface area contributed by atoms with Gasteiger partial charge in [0.05, 0.1) is 10.8 Å². The highest BCUT2D eigenvalue weighted by Gasteiger charge is 2.30. The number of thioether (sulfide) groups is 1. The summed E-state index contributed by atoms with van der Waals surface area (Å²) in [6.45, 7) is 4.00. The van der Waals surface area contributed by atoms with Crippen molar-refractivity contribution in [2.24, 2.45) is 15.9 Å². The molecule has 1 heterocycles.